The smallest absolute Gasteiger partial charge is 0.0622 e. The topological polar surface area (TPSA) is 0 Å². The molecule has 0 aliphatic heterocycles. The number of fused-ring (bicyclic) bond motifs is 10. The summed E-state index contributed by atoms with van der Waals surface area (Å²) in [5.74, 6) is 0. The molecule has 0 amide bonds. The van der Waals surface area contributed by atoms with Crippen molar-refractivity contribution in [2.75, 3.05) is 0 Å². The molecule has 18 aromatic rings. The van der Waals surface area contributed by atoms with Gasteiger partial charge in [0.2, 0.25) is 0 Å². The van der Waals surface area contributed by atoms with Gasteiger partial charge >= 0.3 is 0 Å². The van der Waals surface area contributed by atoms with Gasteiger partial charge in [-0.2, -0.15) is 0 Å². The lowest BCUT2D eigenvalue weighted by atomic mass is 9.83. The fraction of sp³-hybridized carbons (Fsp3) is 0. The molecule has 18 aromatic carbocycles. The summed E-state index contributed by atoms with van der Waals surface area (Å²) in [5.41, 5.74) is -11.3. The van der Waals surface area contributed by atoms with Gasteiger partial charge in [-0.3, -0.25) is 0 Å². The molecule has 0 fully saturated rings. The Balaban J connectivity index is 0.000000202. The second-order valence-electron chi connectivity index (χ2n) is 19.2. The first-order chi connectivity index (χ1) is 68.8. The highest BCUT2D eigenvalue weighted by Gasteiger charge is 2.22. The van der Waals surface area contributed by atoms with Crippen molar-refractivity contribution >= 4 is 97.0 Å². The molecule has 0 aliphatic carbocycles. The first-order valence-corrected chi connectivity index (χ1v) is 26.5. The fourth-order valence-corrected chi connectivity index (χ4v) is 10.6. The molecular formula is C90H58. The monoisotopic (exact) mass is 1200 g/mol. The van der Waals surface area contributed by atoms with Crippen molar-refractivity contribution in [2.24, 2.45) is 0 Å². The van der Waals surface area contributed by atoms with Crippen molar-refractivity contribution in [3.05, 3.63) is 350 Å². The zero-order valence-electron chi connectivity index (χ0n) is 103. The molecule has 0 heteroatoms. The Hall–Kier alpha value is -11.7. The average molecular weight is 1200 g/mol. The molecule has 0 aliphatic rings. The van der Waals surface area contributed by atoms with Crippen LogP contribution in [-0.4, -0.2) is 0 Å². The van der Waals surface area contributed by atoms with Crippen LogP contribution in [0.15, 0.2) is 350 Å². The number of hydrogen-bond donors (Lipinski definition) is 0. The van der Waals surface area contributed by atoms with E-state index in [9.17, 15) is 31.5 Å². The third-order valence-electron chi connectivity index (χ3n) is 14.4. The van der Waals surface area contributed by atoms with E-state index in [0.29, 0.717) is 0 Å². The van der Waals surface area contributed by atoms with Gasteiger partial charge in [0.05, 0.1) is 79.5 Å². The van der Waals surface area contributed by atoms with Gasteiger partial charge in [0, 0.05) is 0 Å². The summed E-state index contributed by atoms with van der Waals surface area (Å²) in [6, 6.07) is -56.6. The standard InChI is InChI=1S/C46H30.C44H28/c1-2-13-33(14-3-1)37-28-29-44(39-17-7-6-16-38(37)39)46-42-20-10-8-18-40(42)45(41-19-9-11-21-43(41)46)34-25-22-32(23-26-34)36-27-24-31-12-4-5-15-35(31)30-36;1-2-12-29(13-3-1)34-26-27-42(37-17-7-6-16-36(34)37)44-40-20-10-8-18-38(40)43(39-19-9-11-21-41(39)44)32-24-25-35-31(28-32)23-22-30-14-4-5-15-33(30)35/h1-30H;1-28H/i1D,2D,3D,4D,5D,6D,7D,8D,9D,10D,11D,12D,13D,14D,15D,16D,17D,18D,19D,20D,21D,22D,23D,24D,25D,26D,27D,28D,29D,30D;1D,2D,3D,4D,5D,6D,7D,8D,9D,10D,11D,12D,13D,14D,15D,16D,17D,18D,19D,20D,21D,22D,23D,24D,25D,26D,27D,28D. The van der Waals surface area contributed by atoms with E-state index in [2.05, 4.69) is 0 Å². The van der Waals surface area contributed by atoms with E-state index in [0.717, 1.165) is 0 Å². The second kappa shape index (κ2) is 22.2. The van der Waals surface area contributed by atoms with Crippen LogP contribution in [0.4, 0.5) is 0 Å². The van der Waals surface area contributed by atoms with Crippen molar-refractivity contribution < 1.29 is 79.5 Å². The van der Waals surface area contributed by atoms with E-state index in [1.165, 1.54) is 0 Å². The molecule has 0 aromatic heterocycles. The SMILES string of the molecule is [2H]c1c([2H])c([2H])c(-c2c([2H])c([2H])c(-c3c4c([2H])c([2H])c([2H])c([2H])c4c(-c4c([2H])c([2H])c(-c5c([2H])c([2H])c6c([2H])c([2H])c([2H])c([2H])c6c5[2H])c([2H])c4[2H])c4c([2H])c([2H])c([2H])c([2H])c34)c3c([2H])c([2H])c([2H])c([2H])c23)c([2H])c1[2H].[2H]c1c([2H])c([2H])c(-c2c([2H])c([2H])c(-c3c4c([2H])c([2H])c([2H])c([2H])c4c(-c4c([2H])c([2H])c5c(c4[2H])c([2H])c([2H])c4c([2H])c([2H])c([2H])c([2H])c45)c4c([2H])c([2H])c([2H])c([2H])c34)c3c([2H])c([2H])c([2H])c([2H])c23)c([2H])c1[2H]. The van der Waals surface area contributed by atoms with E-state index < -0.39 is 525 Å². The van der Waals surface area contributed by atoms with Crippen LogP contribution in [0.25, 0.3) is 175 Å². The molecule has 0 atom stereocenters. The van der Waals surface area contributed by atoms with Crippen molar-refractivity contribution in [1.29, 1.82) is 0 Å². The van der Waals surface area contributed by atoms with E-state index in [-0.39, 0.29) is 0 Å². The minimum absolute atomic E-state index is 0.512. The van der Waals surface area contributed by atoms with Crippen molar-refractivity contribution in [2.45, 2.75) is 0 Å². The van der Waals surface area contributed by atoms with E-state index in [1.54, 1.807) is 0 Å². The predicted octanol–water partition coefficient (Wildman–Crippen LogP) is 25.4. The van der Waals surface area contributed by atoms with E-state index in [1.807, 2.05) is 0 Å². The fourth-order valence-electron chi connectivity index (χ4n) is 10.6. The molecule has 90 heavy (non-hydrogen) atoms. The predicted molar refractivity (Wildman–Crippen MR) is 388 cm³/mol. The number of benzene rings is 18. The maximum Gasteiger partial charge on any atom is 0.0636 e. The highest BCUT2D eigenvalue weighted by Crippen LogP contribution is 2.49. The van der Waals surface area contributed by atoms with E-state index in [4.69, 9.17) is 48.0 Å². The van der Waals surface area contributed by atoms with Crippen LogP contribution in [0.2, 0.25) is 0 Å². The van der Waals surface area contributed by atoms with Gasteiger partial charge in [0.15, 0.2) is 0 Å². The third kappa shape index (κ3) is 9.00. The van der Waals surface area contributed by atoms with Crippen molar-refractivity contribution in [1.82, 2.24) is 0 Å². The second-order valence-corrected chi connectivity index (χ2v) is 19.2. The highest BCUT2D eigenvalue weighted by molar-refractivity contribution is 6.26. The molecule has 0 saturated carbocycles. The zero-order chi connectivity index (χ0) is 110. The lowest BCUT2D eigenvalue weighted by Crippen LogP contribution is -1.92. The van der Waals surface area contributed by atoms with Crippen LogP contribution >= 0.6 is 0 Å². The van der Waals surface area contributed by atoms with Crippen molar-refractivity contribution in [3.63, 3.8) is 0 Å². The van der Waals surface area contributed by atoms with Crippen LogP contribution in [0.1, 0.15) is 79.5 Å². The van der Waals surface area contributed by atoms with Crippen LogP contribution in [0.3, 0.4) is 0 Å². The highest BCUT2D eigenvalue weighted by atomic mass is 14.2. The largest absolute Gasteiger partial charge is 0.0636 e. The number of hydrogen-bond acceptors (Lipinski definition) is 0. The number of rotatable bonds is 7. The van der Waals surface area contributed by atoms with Gasteiger partial charge in [0.25, 0.3) is 0 Å². The quantitative estimate of drug-likeness (QED) is 0.110. The van der Waals surface area contributed by atoms with Gasteiger partial charge in [0.1, 0.15) is 0 Å². The maximum atomic E-state index is 9.71. The summed E-state index contributed by atoms with van der Waals surface area (Å²) >= 11 is 0. The normalized spacial score (nSPS) is 20.6. The van der Waals surface area contributed by atoms with Crippen LogP contribution in [0, 0.1) is 0 Å². The minimum atomic E-state index is -1.14. The molecule has 418 valence electrons. The first kappa shape index (κ1) is 20.2. The van der Waals surface area contributed by atoms with E-state index >= 15 is 0 Å². The molecule has 0 radical (unpaired) electrons. The average Bonchev–Trinajstić information content (AvgIpc) is 0.678. The zero-order valence-corrected chi connectivity index (χ0v) is 45.0. The van der Waals surface area contributed by atoms with Crippen LogP contribution in [-0.2, 0) is 0 Å². The molecule has 0 nitrogen and oxygen atoms in total. The van der Waals surface area contributed by atoms with Gasteiger partial charge in [-0.15, -0.1) is 0 Å². The van der Waals surface area contributed by atoms with Gasteiger partial charge in [-0.25, -0.2) is 0 Å². The first-order valence-electron chi connectivity index (χ1n) is 55.5. The molecular weight excluding hydrogens is 1080 g/mol. The molecule has 0 saturated heterocycles. The molecule has 0 spiro atoms. The summed E-state index contributed by atoms with van der Waals surface area (Å²) in [5, 5.41) is -12.9. The summed E-state index contributed by atoms with van der Waals surface area (Å²) in [4.78, 5) is 0. The van der Waals surface area contributed by atoms with Crippen molar-refractivity contribution in [3.8, 4) is 77.9 Å². The third-order valence-corrected chi connectivity index (χ3v) is 14.4. The summed E-state index contributed by atoms with van der Waals surface area (Å²) in [6.07, 6.45) is 0. The Morgan fingerprint density at radius 2 is 0.422 bits per heavy atom. The minimum Gasteiger partial charge on any atom is -0.0622 e. The lowest BCUT2D eigenvalue weighted by molar-refractivity contribution is 1.62. The lowest BCUT2D eigenvalue weighted by Gasteiger charge is -2.20. The molecule has 0 heterocycles. The van der Waals surface area contributed by atoms with Crippen LogP contribution in [0.5, 0.6) is 0 Å². The molecule has 18 rings (SSSR count). The molecule has 0 N–H and O–H groups in total. The summed E-state index contributed by atoms with van der Waals surface area (Å²) in [7, 11) is 0. The molecule has 0 bridgehead atoms. The Bertz CT molecular complexity index is 9220. The Kier molecular flexibility index (Phi) is 4.98. The summed E-state index contributed by atoms with van der Waals surface area (Å²) < 4.78 is 521. The Morgan fingerprint density at radius 1 is 0.133 bits per heavy atom. The summed E-state index contributed by atoms with van der Waals surface area (Å²) in [6.45, 7) is 0. The van der Waals surface area contributed by atoms with Gasteiger partial charge in [-0.05, 0) is 187 Å². The van der Waals surface area contributed by atoms with Gasteiger partial charge < -0.3 is 0 Å². The Morgan fingerprint density at radius 3 is 0.900 bits per heavy atom. The van der Waals surface area contributed by atoms with Crippen LogP contribution < -0.4 is 0 Å². The molecule has 0 unspecified atom stereocenters. The van der Waals surface area contributed by atoms with Gasteiger partial charge in [-0.1, -0.05) is 338 Å². The Labute approximate surface area is 605 Å². The maximum absolute atomic E-state index is 9.71.